The van der Waals surface area contributed by atoms with Crippen molar-refractivity contribution in [3.05, 3.63) is 82.7 Å². The Labute approximate surface area is 153 Å². The van der Waals surface area contributed by atoms with E-state index in [0.29, 0.717) is 5.69 Å². The van der Waals surface area contributed by atoms with Gasteiger partial charge in [-0.3, -0.25) is 4.79 Å². The molecule has 1 aliphatic rings. The molecule has 4 nitrogen and oxygen atoms in total. The standard InChI is InChI=1S/C22H23N3O/c1-4-15-10-8-9-13-17(15)25-21-18(19(24-25)14(2)3)20(23-22(21)26)16-11-6-5-7-12-16/h5-14,20H,4H2,1-3H3,(H,23,26). The molecule has 3 aromatic rings. The summed E-state index contributed by atoms with van der Waals surface area (Å²) in [5.74, 6) is 0.178. The molecule has 1 N–H and O–H groups in total. The second-order valence-electron chi connectivity index (χ2n) is 7.01. The molecule has 4 heteroatoms. The van der Waals surface area contributed by atoms with Gasteiger partial charge >= 0.3 is 0 Å². The van der Waals surface area contributed by atoms with E-state index in [-0.39, 0.29) is 17.9 Å². The number of para-hydroxylation sites is 1. The van der Waals surface area contributed by atoms with Crippen LogP contribution in [-0.2, 0) is 6.42 Å². The van der Waals surface area contributed by atoms with E-state index in [1.807, 2.05) is 41.1 Å². The predicted molar refractivity (Wildman–Crippen MR) is 103 cm³/mol. The number of nitrogens with zero attached hydrogens (tertiary/aromatic N) is 2. The summed E-state index contributed by atoms with van der Waals surface area (Å²) in [5, 5.41) is 8.05. The van der Waals surface area contributed by atoms with Crippen LogP contribution >= 0.6 is 0 Å². The number of aryl methyl sites for hydroxylation is 1. The summed E-state index contributed by atoms with van der Waals surface area (Å²) >= 11 is 0. The fourth-order valence-corrected chi connectivity index (χ4v) is 3.73. The summed E-state index contributed by atoms with van der Waals surface area (Å²) in [6.07, 6.45) is 0.894. The van der Waals surface area contributed by atoms with Gasteiger partial charge in [0.25, 0.3) is 5.91 Å². The third-order valence-corrected chi connectivity index (χ3v) is 5.01. The van der Waals surface area contributed by atoms with Crippen LogP contribution in [0.25, 0.3) is 5.69 Å². The van der Waals surface area contributed by atoms with Crippen molar-refractivity contribution in [2.45, 2.75) is 39.2 Å². The molecule has 0 bridgehead atoms. The first-order valence-corrected chi connectivity index (χ1v) is 9.18. The molecule has 0 saturated heterocycles. The van der Waals surface area contributed by atoms with Gasteiger partial charge in [0.15, 0.2) is 0 Å². The lowest BCUT2D eigenvalue weighted by Gasteiger charge is -2.14. The molecular formula is C22H23N3O. The average molecular weight is 345 g/mol. The molecule has 0 saturated carbocycles. The molecule has 26 heavy (non-hydrogen) atoms. The van der Waals surface area contributed by atoms with Gasteiger partial charge in [0.05, 0.1) is 17.4 Å². The fourth-order valence-electron chi connectivity index (χ4n) is 3.73. The number of carbonyl (C=O) groups excluding carboxylic acids is 1. The lowest BCUT2D eigenvalue weighted by atomic mass is 9.95. The monoisotopic (exact) mass is 345 g/mol. The van der Waals surface area contributed by atoms with Crippen molar-refractivity contribution in [3.8, 4) is 5.69 Å². The van der Waals surface area contributed by atoms with Crippen LogP contribution in [0.1, 0.15) is 65.6 Å². The molecular weight excluding hydrogens is 322 g/mol. The van der Waals surface area contributed by atoms with Gasteiger partial charge in [0.2, 0.25) is 0 Å². The third-order valence-electron chi connectivity index (χ3n) is 5.01. The highest BCUT2D eigenvalue weighted by Gasteiger charge is 2.38. The van der Waals surface area contributed by atoms with E-state index in [1.54, 1.807) is 0 Å². The van der Waals surface area contributed by atoms with Gasteiger partial charge in [0.1, 0.15) is 5.69 Å². The average Bonchev–Trinajstić information content (AvgIpc) is 3.21. The molecule has 0 aliphatic carbocycles. The Morgan fingerprint density at radius 1 is 1.08 bits per heavy atom. The SMILES string of the molecule is CCc1ccccc1-n1nc(C(C)C)c2c1C(=O)NC2c1ccccc1. The zero-order valence-electron chi connectivity index (χ0n) is 15.4. The molecule has 1 aromatic heterocycles. The van der Waals surface area contributed by atoms with Crippen molar-refractivity contribution in [2.75, 3.05) is 0 Å². The fraction of sp³-hybridized carbons (Fsp3) is 0.273. The molecule has 1 atom stereocenters. The van der Waals surface area contributed by atoms with Crippen LogP contribution < -0.4 is 5.32 Å². The maximum absolute atomic E-state index is 12.9. The molecule has 0 radical (unpaired) electrons. The smallest absolute Gasteiger partial charge is 0.271 e. The lowest BCUT2D eigenvalue weighted by Crippen LogP contribution is -2.23. The van der Waals surface area contributed by atoms with Gasteiger partial charge in [-0.2, -0.15) is 5.10 Å². The number of rotatable bonds is 4. The molecule has 1 aliphatic heterocycles. The van der Waals surface area contributed by atoms with E-state index in [9.17, 15) is 4.79 Å². The predicted octanol–water partition coefficient (Wildman–Crippen LogP) is 4.39. The molecule has 0 spiro atoms. The minimum absolute atomic E-state index is 0.0563. The van der Waals surface area contributed by atoms with E-state index in [2.05, 4.69) is 44.3 Å². The molecule has 1 amide bonds. The minimum Gasteiger partial charge on any atom is -0.340 e. The van der Waals surface area contributed by atoms with Crippen molar-refractivity contribution < 1.29 is 4.79 Å². The normalized spacial score (nSPS) is 16.0. The van der Waals surface area contributed by atoms with Crippen LogP contribution in [0.2, 0.25) is 0 Å². The Kier molecular flexibility index (Phi) is 4.11. The number of hydrogen-bond donors (Lipinski definition) is 1. The summed E-state index contributed by atoms with van der Waals surface area (Å²) < 4.78 is 1.85. The van der Waals surface area contributed by atoms with E-state index in [0.717, 1.165) is 28.9 Å². The van der Waals surface area contributed by atoms with Crippen molar-refractivity contribution >= 4 is 5.91 Å². The van der Waals surface area contributed by atoms with E-state index in [1.165, 1.54) is 5.56 Å². The van der Waals surface area contributed by atoms with E-state index < -0.39 is 0 Å². The zero-order chi connectivity index (χ0) is 18.3. The highest BCUT2D eigenvalue weighted by atomic mass is 16.2. The first-order valence-electron chi connectivity index (χ1n) is 9.18. The van der Waals surface area contributed by atoms with Crippen molar-refractivity contribution in [1.82, 2.24) is 15.1 Å². The Balaban J connectivity index is 1.96. The second-order valence-corrected chi connectivity index (χ2v) is 7.01. The second kappa shape index (κ2) is 6.45. The lowest BCUT2D eigenvalue weighted by molar-refractivity contribution is 0.0953. The quantitative estimate of drug-likeness (QED) is 0.762. The number of fused-ring (bicyclic) bond motifs is 1. The van der Waals surface area contributed by atoms with Crippen LogP contribution in [0.15, 0.2) is 54.6 Å². The molecule has 0 fully saturated rings. The van der Waals surface area contributed by atoms with Crippen LogP contribution in [0.4, 0.5) is 0 Å². The van der Waals surface area contributed by atoms with Crippen LogP contribution in [0.5, 0.6) is 0 Å². The first-order chi connectivity index (χ1) is 12.6. The largest absolute Gasteiger partial charge is 0.340 e. The summed E-state index contributed by atoms with van der Waals surface area (Å²) in [6.45, 7) is 6.38. The number of benzene rings is 2. The van der Waals surface area contributed by atoms with Crippen molar-refractivity contribution in [2.24, 2.45) is 0 Å². The highest BCUT2D eigenvalue weighted by Crippen LogP contribution is 2.37. The summed E-state index contributed by atoms with van der Waals surface area (Å²) in [4.78, 5) is 12.9. The van der Waals surface area contributed by atoms with Crippen molar-refractivity contribution in [3.63, 3.8) is 0 Å². The molecule has 132 valence electrons. The van der Waals surface area contributed by atoms with Gasteiger partial charge < -0.3 is 5.32 Å². The summed E-state index contributed by atoms with van der Waals surface area (Å²) in [7, 11) is 0. The molecule has 1 unspecified atom stereocenters. The number of aromatic nitrogens is 2. The number of amides is 1. The molecule has 4 rings (SSSR count). The minimum atomic E-state index is -0.140. The maximum Gasteiger partial charge on any atom is 0.271 e. The van der Waals surface area contributed by atoms with Crippen LogP contribution in [0, 0.1) is 0 Å². The summed E-state index contributed by atoms with van der Waals surface area (Å²) in [6, 6.07) is 18.1. The zero-order valence-corrected chi connectivity index (χ0v) is 15.4. The maximum atomic E-state index is 12.9. The summed E-state index contributed by atoms with van der Waals surface area (Å²) in [5.41, 5.74) is 5.93. The Morgan fingerprint density at radius 3 is 2.46 bits per heavy atom. The number of nitrogens with one attached hydrogen (secondary N) is 1. The molecule has 2 aromatic carbocycles. The van der Waals surface area contributed by atoms with Crippen LogP contribution in [-0.4, -0.2) is 15.7 Å². The Morgan fingerprint density at radius 2 is 1.77 bits per heavy atom. The van der Waals surface area contributed by atoms with Gasteiger partial charge in [-0.05, 0) is 29.5 Å². The van der Waals surface area contributed by atoms with Gasteiger partial charge in [0, 0.05) is 5.56 Å². The van der Waals surface area contributed by atoms with E-state index in [4.69, 9.17) is 5.10 Å². The van der Waals surface area contributed by atoms with Gasteiger partial charge in [-0.25, -0.2) is 4.68 Å². The first kappa shape index (κ1) is 16.6. The van der Waals surface area contributed by atoms with Crippen molar-refractivity contribution in [1.29, 1.82) is 0 Å². The van der Waals surface area contributed by atoms with Gasteiger partial charge in [-0.15, -0.1) is 0 Å². The number of carbonyl (C=O) groups is 1. The van der Waals surface area contributed by atoms with Gasteiger partial charge in [-0.1, -0.05) is 69.3 Å². The molecule has 2 heterocycles. The van der Waals surface area contributed by atoms with Crippen LogP contribution in [0.3, 0.4) is 0 Å². The Bertz CT molecular complexity index is 957. The third kappa shape index (κ3) is 2.53. The topological polar surface area (TPSA) is 46.9 Å². The highest BCUT2D eigenvalue weighted by molar-refractivity contribution is 5.99. The Hall–Kier alpha value is -2.88. The number of hydrogen-bond acceptors (Lipinski definition) is 2. The van der Waals surface area contributed by atoms with E-state index >= 15 is 0 Å².